The summed E-state index contributed by atoms with van der Waals surface area (Å²) in [6.07, 6.45) is 0. The Kier molecular flexibility index (Phi) is 4.59. The lowest BCUT2D eigenvalue weighted by Gasteiger charge is -2.06. The smallest absolute Gasteiger partial charge is 0.144 e. The molecule has 2 aromatic rings. The number of benzene rings is 1. The van der Waals surface area contributed by atoms with Gasteiger partial charge in [-0.15, -0.1) is 11.8 Å². The predicted octanol–water partition coefficient (Wildman–Crippen LogP) is 4.99. The van der Waals surface area contributed by atoms with Gasteiger partial charge in [-0.3, -0.25) is 0 Å². The molecular weight excluding hydrogens is 328 g/mol. The topological polar surface area (TPSA) is 28.7 Å². The highest BCUT2D eigenvalue weighted by Gasteiger charge is 2.05. The van der Waals surface area contributed by atoms with Crippen LogP contribution in [0.2, 0.25) is 0 Å². The Balaban J connectivity index is 2.40. The molecule has 1 heterocycles. The number of halogens is 1. The molecule has 0 amide bonds. The first-order chi connectivity index (χ1) is 8.61. The van der Waals surface area contributed by atoms with E-state index in [0.717, 1.165) is 27.3 Å². The van der Waals surface area contributed by atoms with Gasteiger partial charge in [0.05, 0.1) is 4.47 Å². The highest BCUT2D eigenvalue weighted by atomic mass is 79.9. The van der Waals surface area contributed by atoms with E-state index in [1.807, 2.05) is 18.7 Å². The Morgan fingerprint density at radius 2 is 2.00 bits per heavy atom. The Bertz CT molecular complexity index is 605. The average molecular weight is 341 g/mol. The van der Waals surface area contributed by atoms with E-state index in [1.165, 1.54) is 4.90 Å². The lowest BCUT2D eigenvalue weighted by molar-refractivity contribution is 1.08. The van der Waals surface area contributed by atoms with E-state index in [0.29, 0.717) is 4.64 Å². The van der Waals surface area contributed by atoms with Gasteiger partial charge in [-0.2, -0.15) is 0 Å². The summed E-state index contributed by atoms with van der Waals surface area (Å²) in [5.74, 6) is 1.89. The second-order valence-electron chi connectivity index (χ2n) is 3.79. The molecule has 2 nitrogen and oxygen atoms in total. The second kappa shape index (κ2) is 5.99. The van der Waals surface area contributed by atoms with Crippen molar-refractivity contribution in [1.82, 2.24) is 9.97 Å². The van der Waals surface area contributed by atoms with Crippen molar-refractivity contribution in [3.63, 3.8) is 0 Å². The van der Waals surface area contributed by atoms with Crippen LogP contribution >= 0.6 is 39.9 Å². The Hall–Kier alpha value is -0.650. The molecule has 0 saturated heterocycles. The molecule has 1 aromatic carbocycles. The van der Waals surface area contributed by atoms with E-state index in [1.54, 1.807) is 0 Å². The van der Waals surface area contributed by atoms with Crippen LogP contribution in [0.15, 0.2) is 33.6 Å². The van der Waals surface area contributed by atoms with Crippen molar-refractivity contribution in [1.29, 1.82) is 0 Å². The fourth-order valence-corrected chi connectivity index (χ4v) is 2.68. The van der Waals surface area contributed by atoms with Gasteiger partial charge in [0.15, 0.2) is 0 Å². The van der Waals surface area contributed by atoms with Crippen LogP contribution in [0, 0.1) is 11.6 Å². The van der Waals surface area contributed by atoms with E-state index in [-0.39, 0.29) is 0 Å². The standard InChI is InChI=1S/C13H13BrN2S2/c1-3-18-10-6-4-9(5-7-10)12-15-8(2)11(14)13(17)16-12/h4-7H,3H2,1-2H3,(H,15,16,17). The van der Waals surface area contributed by atoms with Gasteiger partial charge in [-0.1, -0.05) is 31.3 Å². The van der Waals surface area contributed by atoms with Gasteiger partial charge in [0, 0.05) is 16.2 Å². The summed E-state index contributed by atoms with van der Waals surface area (Å²) in [6, 6.07) is 8.36. The van der Waals surface area contributed by atoms with Crippen LogP contribution in [0.25, 0.3) is 11.4 Å². The van der Waals surface area contributed by atoms with Crippen molar-refractivity contribution < 1.29 is 0 Å². The minimum Gasteiger partial charge on any atom is -0.342 e. The van der Waals surface area contributed by atoms with Gasteiger partial charge < -0.3 is 4.98 Å². The number of thioether (sulfide) groups is 1. The van der Waals surface area contributed by atoms with Crippen molar-refractivity contribution in [3.8, 4) is 11.4 Å². The van der Waals surface area contributed by atoms with Crippen LogP contribution in [0.3, 0.4) is 0 Å². The first-order valence-electron chi connectivity index (χ1n) is 5.61. The molecule has 0 fully saturated rings. The van der Waals surface area contributed by atoms with Crippen molar-refractivity contribution in [3.05, 3.63) is 39.1 Å². The summed E-state index contributed by atoms with van der Waals surface area (Å²) in [6.45, 7) is 4.13. The maximum atomic E-state index is 5.21. The highest BCUT2D eigenvalue weighted by Crippen LogP contribution is 2.24. The number of nitrogens with one attached hydrogen (secondary N) is 1. The van der Waals surface area contributed by atoms with Gasteiger partial charge in [0.25, 0.3) is 0 Å². The molecule has 0 spiro atoms. The summed E-state index contributed by atoms with van der Waals surface area (Å²) < 4.78 is 1.45. The lowest BCUT2D eigenvalue weighted by atomic mass is 10.2. The van der Waals surface area contributed by atoms with Gasteiger partial charge in [0.1, 0.15) is 10.5 Å². The Morgan fingerprint density at radius 1 is 1.33 bits per heavy atom. The lowest BCUT2D eigenvalue weighted by Crippen LogP contribution is -1.94. The molecule has 1 aromatic heterocycles. The third-order valence-corrected chi connectivity index (χ3v) is 4.90. The number of H-pyrrole nitrogens is 1. The zero-order valence-corrected chi connectivity index (χ0v) is 13.4. The molecule has 0 unspecified atom stereocenters. The molecule has 94 valence electrons. The van der Waals surface area contributed by atoms with E-state index in [2.05, 4.69) is 57.1 Å². The predicted molar refractivity (Wildman–Crippen MR) is 83.7 cm³/mol. The number of nitrogens with zero attached hydrogens (tertiary/aromatic N) is 1. The fourth-order valence-electron chi connectivity index (χ4n) is 1.58. The van der Waals surface area contributed by atoms with Crippen molar-refractivity contribution in [2.45, 2.75) is 18.7 Å². The first kappa shape index (κ1) is 13.8. The van der Waals surface area contributed by atoms with E-state index < -0.39 is 0 Å². The van der Waals surface area contributed by atoms with Crippen LogP contribution < -0.4 is 0 Å². The molecule has 0 aliphatic carbocycles. The minimum absolute atomic E-state index is 0.591. The number of rotatable bonds is 3. The summed E-state index contributed by atoms with van der Waals surface area (Å²) in [7, 11) is 0. The van der Waals surface area contributed by atoms with Crippen molar-refractivity contribution >= 4 is 39.9 Å². The minimum atomic E-state index is 0.591. The Labute approximate surface area is 124 Å². The highest BCUT2D eigenvalue weighted by molar-refractivity contribution is 9.10. The number of aryl methyl sites for hydroxylation is 1. The molecule has 5 heteroatoms. The van der Waals surface area contributed by atoms with Crippen LogP contribution in [-0.4, -0.2) is 15.7 Å². The fraction of sp³-hybridized carbons (Fsp3) is 0.231. The quantitative estimate of drug-likeness (QED) is 0.630. The number of aromatic nitrogens is 2. The molecule has 0 radical (unpaired) electrons. The summed E-state index contributed by atoms with van der Waals surface area (Å²) in [4.78, 5) is 8.91. The zero-order valence-electron chi connectivity index (χ0n) is 10.2. The first-order valence-corrected chi connectivity index (χ1v) is 7.80. The molecule has 18 heavy (non-hydrogen) atoms. The third kappa shape index (κ3) is 3.02. The Morgan fingerprint density at radius 3 is 2.56 bits per heavy atom. The second-order valence-corrected chi connectivity index (χ2v) is 6.30. The van der Waals surface area contributed by atoms with E-state index in [9.17, 15) is 0 Å². The number of hydrogen-bond donors (Lipinski definition) is 1. The molecule has 2 rings (SSSR count). The normalized spacial score (nSPS) is 10.6. The molecule has 0 aliphatic rings. The van der Waals surface area contributed by atoms with Crippen molar-refractivity contribution in [2.24, 2.45) is 0 Å². The molecule has 0 atom stereocenters. The van der Waals surface area contributed by atoms with Gasteiger partial charge >= 0.3 is 0 Å². The molecule has 1 N–H and O–H groups in total. The summed E-state index contributed by atoms with van der Waals surface area (Å²) in [5, 5.41) is 0. The van der Waals surface area contributed by atoms with Gasteiger partial charge in [-0.05, 0) is 40.7 Å². The summed E-state index contributed by atoms with van der Waals surface area (Å²) >= 11 is 10.5. The zero-order chi connectivity index (χ0) is 13.1. The maximum absolute atomic E-state index is 5.21. The van der Waals surface area contributed by atoms with Crippen LogP contribution in [0.1, 0.15) is 12.6 Å². The average Bonchev–Trinajstić information content (AvgIpc) is 2.37. The SMILES string of the molecule is CCSc1ccc(-c2nc(=S)c(Br)c(C)[nH]2)cc1. The molecule has 0 aliphatic heterocycles. The third-order valence-electron chi connectivity index (χ3n) is 2.48. The van der Waals surface area contributed by atoms with Crippen LogP contribution in [0.4, 0.5) is 0 Å². The number of hydrogen-bond acceptors (Lipinski definition) is 3. The van der Waals surface area contributed by atoms with Crippen LogP contribution in [-0.2, 0) is 0 Å². The number of aromatic amines is 1. The van der Waals surface area contributed by atoms with Gasteiger partial charge in [-0.25, -0.2) is 4.98 Å². The van der Waals surface area contributed by atoms with Crippen LogP contribution in [0.5, 0.6) is 0 Å². The van der Waals surface area contributed by atoms with E-state index >= 15 is 0 Å². The molecule has 0 saturated carbocycles. The molecule has 0 bridgehead atoms. The van der Waals surface area contributed by atoms with Crippen molar-refractivity contribution in [2.75, 3.05) is 5.75 Å². The monoisotopic (exact) mass is 340 g/mol. The van der Waals surface area contributed by atoms with Gasteiger partial charge in [0.2, 0.25) is 0 Å². The molecular formula is C13H13BrN2S2. The largest absolute Gasteiger partial charge is 0.342 e. The van der Waals surface area contributed by atoms with E-state index in [4.69, 9.17) is 12.2 Å². The summed E-state index contributed by atoms with van der Waals surface area (Å²) in [5.41, 5.74) is 2.05. The maximum Gasteiger partial charge on any atom is 0.144 e.